The van der Waals surface area contributed by atoms with Gasteiger partial charge < -0.3 is 19.1 Å². The molecule has 0 aliphatic carbocycles. The summed E-state index contributed by atoms with van der Waals surface area (Å²) in [5.74, 6) is 1.56. The first-order chi connectivity index (χ1) is 34.5. The molecule has 9 aromatic carbocycles. The molecule has 348 valence electrons. The molecule has 4 nitrogen and oxygen atoms in total. The zero-order valence-corrected chi connectivity index (χ0v) is 42.1. The van der Waals surface area contributed by atoms with Crippen LogP contribution in [0.25, 0.3) is 33.1 Å². The molecule has 71 heavy (non-hydrogen) atoms. The predicted molar refractivity (Wildman–Crippen MR) is 304 cm³/mol. The highest BCUT2D eigenvalue weighted by atomic mass is 16.3. The van der Waals surface area contributed by atoms with E-state index in [-0.39, 0.29) is 6.71 Å². The number of hydrogen-bond donors (Lipinski definition) is 0. The summed E-state index contributed by atoms with van der Waals surface area (Å²) in [6.45, 7) is 18.3. The second-order valence-corrected chi connectivity index (χ2v) is 20.9. The van der Waals surface area contributed by atoms with E-state index in [1.54, 1.807) is 0 Å². The lowest BCUT2D eigenvalue weighted by atomic mass is 9.33. The summed E-state index contributed by atoms with van der Waals surface area (Å²) < 4.78 is 6.90. The Balaban J connectivity index is 1.22. The first-order valence-corrected chi connectivity index (χ1v) is 25.6. The lowest BCUT2D eigenvalue weighted by Gasteiger charge is -2.45. The molecule has 0 saturated carbocycles. The lowest BCUT2D eigenvalue weighted by molar-refractivity contribution is 0.669. The van der Waals surface area contributed by atoms with E-state index in [2.05, 4.69) is 264 Å². The van der Waals surface area contributed by atoms with E-state index in [4.69, 9.17) is 4.42 Å². The van der Waals surface area contributed by atoms with Gasteiger partial charge in [-0.3, -0.25) is 0 Å². The third-order valence-corrected chi connectivity index (χ3v) is 15.2. The van der Waals surface area contributed by atoms with Gasteiger partial charge in [-0.25, -0.2) is 0 Å². The molecule has 12 rings (SSSR count). The molecule has 0 unspecified atom stereocenters. The maximum Gasteiger partial charge on any atom is 0.252 e. The van der Waals surface area contributed by atoms with Gasteiger partial charge in [0.15, 0.2) is 5.58 Å². The van der Waals surface area contributed by atoms with Crippen LogP contribution in [0.5, 0.6) is 0 Å². The summed E-state index contributed by atoms with van der Waals surface area (Å²) in [5.41, 5.74) is 23.5. The van der Waals surface area contributed by atoms with E-state index in [9.17, 15) is 0 Å². The number of rotatable bonds is 10. The maximum atomic E-state index is 6.90. The third-order valence-electron chi connectivity index (χ3n) is 15.2. The van der Waals surface area contributed by atoms with Gasteiger partial charge in [-0.1, -0.05) is 183 Å². The zero-order chi connectivity index (χ0) is 48.7. The Morgan fingerprint density at radius 2 is 0.944 bits per heavy atom. The molecular weight excluding hydrogens is 862 g/mol. The van der Waals surface area contributed by atoms with Crippen molar-refractivity contribution in [3.05, 3.63) is 216 Å². The van der Waals surface area contributed by atoms with Gasteiger partial charge in [0.1, 0.15) is 5.58 Å². The predicted octanol–water partition coefficient (Wildman–Crippen LogP) is 17.3. The summed E-state index contributed by atoms with van der Waals surface area (Å²) in [6.07, 6.45) is 0. The van der Waals surface area contributed by atoms with Gasteiger partial charge in [0.05, 0.1) is 17.1 Å². The first-order valence-electron chi connectivity index (χ1n) is 25.6. The molecule has 0 atom stereocenters. The van der Waals surface area contributed by atoms with E-state index < -0.39 is 0 Å². The standard InChI is InChI=1S/C66H60BN3O/c1-41(2)45-25-27-47(28-26-45)53-19-12-14-22-58(53)70-60-36-32-49(44(7)8)38-57(60)67-56-37-48(43(5)6)31-35-59(56)69(51-33-29-46(30-34-51)42(3)4)62-39-52(40-63(70)65(62)67)68(50-17-10-9-11-18-50)61-23-16-21-55-54-20-13-15-24-64(54)71-66(55)61/h9-44H,1-8H3. The van der Waals surface area contributed by atoms with Gasteiger partial charge >= 0.3 is 0 Å². The van der Waals surface area contributed by atoms with E-state index in [1.807, 2.05) is 0 Å². The van der Waals surface area contributed by atoms with Crippen LogP contribution >= 0.6 is 0 Å². The van der Waals surface area contributed by atoms with E-state index in [0.29, 0.717) is 23.7 Å². The minimum Gasteiger partial charge on any atom is -0.454 e. The van der Waals surface area contributed by atoms with Crippen LogP contribution in [0.1, 0.15) is 101 Å². The molecule has 0 saturated heterocycles. The largest absolute Gasteiger partial charge is 0.454 e. The van der Waals surface area contributed by atoms with Gasteiger partial charge in [0.2, 0.25) is 0 Å². The summed E-state index contributed by atoms with van der Waals surface area (Å²) in [7, 11) is 0. The molecule has 1 aromatic heterocycles. The van der Waals surface area contributed by atoms with Crippen molar-refractivity contribution in [1.82, 2.24) is 0 Å². The van der Waals surface area contributed by atoms with Crippen LogP contribution in [0.4, 0.5) is 51.2 Å². The number of nitrogens with zero attached hydrogens (tertiary/aromatic N) is 3. The highest BCUT2D eigenvalue weighted by Gasteiger charge is 2.45. The Kier molecular flexibility index (Phi) is 11.0. The van der Waals surface area contributed by atoms with Gasteiger partial charge in [-0.15, -0.1) is 0 Å². The molecule has 2 aliphatic heterocycles. The fourth-order valence-corrected chi connectivity index (χ4v) is 11.3. The van der Waals surface area contributed by atoms with Crippen LogP contribution in [0, 0.1) is 0 Å². The second kappa shape index (κ2) is 17.6. The minimum absolute atomic E-state index is 0.0413. The van der Waals surface area contributed by atoms with Crippen molar-refractivity contribution in [2.75, 3.05) is 14.7 Å². The smallest absolute Gasteiger partial charge is 0.252 e. The number of hydrogen-bond acceptors (Lipinski definition) is 4. The van der Waals surface area contributed by atoms with Gasteiger partial charge in [-0.2, -0.15) is 0 Å². The number of fused-ring (bicyclic) bond motifs is 7. The topological polar surface area (TPSA) is 22.9 Å². The number of furan rings is 1. The maximum absolute atomic E-state index is 6.90. The summed E-state index contributed by atoms with van der Waals surface area (Å²) >= 11 is 0. The Hall–Kier alpha value is -7.76. The van der Waals surface area contributed by atoms with Crippen molar-refractivity contribution in [1.29, 1.82) is 0 Å². The Bertz CT molecular complexity index is 3630. The molecule has 0 bridgehead atoms. The molecule has 0 amide bonds. The molecule has 2 aliphatic rings. The van der Waals surface area contributed by atoms with Crippen LogP contribution in [-0.4, -0.2) is 6.71 Å². The molecule has 0 fully saturated rings. The Labute approximate surface area is 419 Å². The Morgan fingerprint density at radius 3 is 1.59 bits per heavy atom. The quantitative estimate of drug-likeness (QED) is 0.128. The molecule has 0 spiro atoms. The van der Waals surface area contributed by atoms with Crippen LogP contribution in [-0.2, 0) is 0 Å². The average molecular weight is 922 g/mol. The van der Waals surface area contributed by atoms with Gasteiger partial charge in [0.25, 0.3) is 6.71 Å². The van der Waals surface area contributed by atoms with Crippen molar-refractivity contribution < 1.29 is 4.42 Å². The fraction of sp³-hybridized carbons (Fsp3) is 0.182. The average Bonchev–Trinajstić information content (AvgIpc) is 3.78. The zero-order valence-electron chi connectivity index (χ0n) is 42.1. The van der Waals surface area contributed by atoms with Crippen molar-refractivity contribution in [3.8, 4) is 11.1 Å². The summed E-state index contributed by atoms with van der Waals surface area (Å²) in [5, 5.41) is 2.20. The Morgan fingerprint density at radius 1 is 0.408 bits per heavy atom. The van der Waals surface area contributed by atoms with Crippen LogP contribution in [0.2, 0.25) is 0 Å². The van der Waals surface area contributed by atoms with Crippen molar-refractivity contribution >= 4 is 96.2 Å². The van der Waals surface area contributed by atoms with Crippen molar-refractivity contribution in [2.24, 2.45) is 0 Å². The number of para-hydroxylation sites is 4. The molecule has 3 heterocycles. The minimum atomic E-state index is -0.0413. The van der Waals surface area contributed by atoms with Crippen LogP contribution in [0.3, 0.4) is 0 Å². The van der Waals surface area contributed by atoms with Crippen LogP contribution in [0.15, 0.2) is 199 Å². The summed E-state index contributed by atoms with van der Waals surface area (Å²) in [6, 6.07) is 72.8. The van der Waals surface area contributed by atoms with Crippen LogP contribution < -0.4 is 31.1 Å². The van der Waals surface area contributed by atoms with Gasteiger partial charge in [0, 0.05) is 50.5 Å². The van der Waals surface area contributed by atoms with Crippen molar-refractivity contribution in [2.45, 2.75) is 79.1 Å². The summed E-state index contributed by atoms with van der Waals surface area (Å²) in [4.78, 5) is 7.56. The highest BCUT2D eigenvalue weighted by Crippen LogP contribution is 2.51. The third kappa shape index (κ3) is 7.44. The normalized spacial score (nSPS) is 12.9. The van der Waals surface area contributed by atoms with E-state index >= 15 is 0 Å². The molecule has 10 aromatic rings. The van der Waals surface area contributed by atoms with E-state index in [0.717, 1.165) is 61.8 Å². The monoisotopic (exact) mass is 921 g/mol. The second-order valence-electron chi connectivity index (χ2n) is 20.9. The molecule has 0 N–H and O–H groups in total. The number of anilines is 9. The van der Waals surface area contributed by atoms with Crippen molar-refractivity contribution in [3.63, 3.8) is 0 Å². The number of benzene rings is 9. The lowest BCUT2D eigenvalue weighted by Crippen LogP contribution is -2.61. The molecule has 0 radical (unpaired) electrons. The highest BCUT2D eigenvalue weighted by molar-refractivity contribution is 7.00. The molecular formula is C66H60BN3O. The van der Waals surface area contributed by atoms with Gasteiger partial charge in [-0.05, 0) is 135 Å². The SMILES string of the molecule is CC(C)c1ccc(-c2ccccc2N2c3ccc(C(C)C)cc3B3c4cc(C(C)C)ccc4N(c4ccc(C(C)C)cc4)c4cc(N(c5ccccc5)c5cccc6c5oc5ccccc56)cc2c43)cc1. The molecule has 5 heteroatoms. The first kappa shape index (κ1) is 44.5. The van der Waals surface area contributed by atoms with E-state index in [1.165, 1.54) is 61.1 Å². The fourth-order valence-electron chi connectivity index (χ4n) is 11.3.